The highest BCUT2D eigenvalue weighted by atomic mass is 79.9. The van der Waals surface area contributed by atoms with Gasteiger partial charge in [0.2, 0.25) is 0 Å². The lowest BCUT2D eigenvalue weighted by atomic mass is 10.1. The highest BCUT2D eigenvalue weighted by Crippen LogP contribution is 2.24. The number of carbonyl (C=O) groups excluding carboxylic acids is 1. The Hall–Kier alpha value is -2.42. The zero-order chi connectivity index (χ0) is 22.8. The van der Waals surface area contributed by atoms with Gasteiger partial charge in [-0.25, -0.2) is 0 Å². The van der Waals surface area contributed by atoms with E-state index in [9.17, 15) is 4.79 Å². The van der Waals surface area contributed by atoms with Gasteiger partial charge >= 0.3 is 0 Å². The van der Waals surface area contributed by atoms with Crippen molar-refractivity contribution in [2.75, 3.05) is 5.32 Å². The molecule has 9 heteroatoms. The number of hydrogen-bond acceptors (Lipinski definition) is 3. The molecule has 2 heterocycles. The summed E-state index contributed by atoms with van der Waals surface area (Å²) in [7, 11) is 0. The molecule has 2 aromatic carbocycles. The SMILES string of the molecule is Cc1nn(Cc2ccc(C(=O)Nc3nn(Cc4ccccc4Cl)cc3Br)cc2)c(C)c1Br. The molecule has 0 saturated heterocycles. The fourth-order valence-electron chi connectivity index (χ4n) is 3.31. The topological polar surface area (TPSA) is 64.7 Å². The number of carbonyl (C=O) groups is 1. The van der Waals surface area contributed by atoms with Crippen molar-refractivity contribution in [3.8, 4) is 0 Å². The van der Waals surface area contributed by atoms with Crippen LogP contribution in [0.2, 0.25) is 5.02 Å². The average molecular weight is 578 g/mol. The maximum atomic E-state index is 12.7. The quantitative estimate of drug-likeness (QED) is 0.296. The molecule has 2 aromatic heterocycles. The van der Waals surface area contributed by atoms with Crippen LogP contribution in [0.25, 0.3) is 0 Å². The van der Waals surface area contributed by atoms with Crippen LogP contribution in [0.1, 0.15) is 32.9 Å². The zero-order valence-corrected chi connectivity index (χ0v) is 21.4. The van der Waals surface area contributed by atoms with Gasteiger partial charge in [-0.15, -0.1) is 0 Å². The average Bonchev–Trinajstić information content (AvgIpc) is 3.23. The highest BCUT2D eigenvalue weighted by molar-refractivity contribution is 9.11. The number of hydrogen-bond donors (Lipinski definition) is 1. The third-order valence-corrected chi connectivity index (χ3v) is 7.18. The molecule has 0 aliphatic rings. The molecular weight excluding hydrogens is 558 g/mol. The van der Waals surface area contributed by atoms with E-state index in [-0.39, 0.29) is 5.91 Å². The Morgan fingerprint density at radius 3 is 2.41 bits per heavy atom. The van der Waals surface area contributed by atoms with Crippen LogP contribution in [-0.4, -0.2) is 25.5 Å². The fourth-order valence-corrected chi connectivity index (χ4v) is 4.20. The molecule has 0 radical (unpaired) electrons. The predicted molar refractivity (Wildman–Crippen MR) is 133 cm³/mol. The molecule has 32 heavy (non-hydrogen) atoms. The lowest BCUT2D eigenvalue weighted by molar-refractivity contribution is 0.102. The molecule has 1 amide bonds. The van der Waals surface area contributed by atoms with Crippen molar-refractivity contribution < 1.29 is 4.79 Å². The second-order valence-electron chi connectivity index (χ2n) is 7.41. The molecule has 0 unspecified atom stereocenters. The maximum Gasteiger partial charge on any atom is 0.256 e. The van der Waals surface area contributed by atoms with E-state index in [2.05, 4.69) is 47.4 Å². The van der Waals surface area contributed by atoms with E-state index in [4.69, 9.17) is 11.6 Å². The van der Waals surface area contributed by atoms with E-state index >= 15 is 0 Å². The lowest BCUT2D eigenvalue weighted by Gasteiger charge is -2.07. The van der Waals surface area contributed by atoms with Crippen LogP contribution in [0.3, 0.4) is 0 Å². The minimum Gasteiger partial charge on any atom is -0.304 e. The van der Waals surface area contributed by atoms with Crippen molar-refractivity contribution in [2.24, 2.45) is 0 Å². The molecular formula is C23H20Br2ClN5O. The molecule has 1 N–H and O–H groups in total. The van der Waals surface area contributed by atoms with Gasteiger partial charge in [-0.05, 0) is 75.0 Å². The number of halogens is 3. The first-order valence-corrected chi connectivity index (χ1v) is 11.8. The van der Waals surface area contributed by atoms with Crippen molar-refractivity contribution in [1.29, 1.82) is 0 Å². The summed E-state index contributed by atoms with van der Waals surface area (Å²) in [6.07, 6.45) is 1.81. The van der Waals surface area contributed by atoms with E-state index in [0.717, 1.165) is 27.0 Å². The summed E-state index contributed by atoms with van der Waals surface area (Å²) in [6.45, 7) is 5.13. The number of rotatable bonds is 6. The van der Waals surface area contributed by atoms with Gasteiger partial charge in [-0.3, -0.25) is 14.2 Å². The fraction of sp³-hybridized carbons (Fsp3) is 0.174. The van der Waals surface area contributed by atoms with Crippen LogP contribution < -0.4 is 5.32 Å². The number of aromatic nitrogens is 4. The summed E-state index contributed by atoms with van der Waals surface area (Å²) in [6, 6.07) is 15.1. The van der Waals surface area contributed by atoms with E-state index in [1.54, 1.807) is 16.8 Å². The van der Waals surface area contributed by atoms with E-state index < -0.39 is 0 Å². The van der Waals surface area contributed by atoms with E-state index in [1.165, 1.54) is 0 Å². The minimum atomic E-state index is -0.228. The van der Waals surface area contributed by atoms with Crippen LogP contribution in [0, 0.1) is 13.8 Å². The number of benzene rings is 2. The molecule has 0 bridgehead atoms. The monoisotopic (exact) mass is 575 g/mol. The zero-order valence-electron chi connectivity index (χ0n) is 17.4. The van der Waals surface area contributed by atoms with Gasteiger partial charge < -0.3 is 5.32 Å². The smallest absolute Gasteiger partial charge is 0.256 e. The standard InChI is InChI=1S/C23H20Br2ClN5O/c1-14-21(25)15(2)31(28-14)11-16-7-9-17(10-8-16)23(32)27-22-19(24)13-30(29-22)12-18-5-3-4-6-20(18)26/h3-10,13H,11-12H2,1-2H3,(H,27,29,32). The third kappa shape index (κ3) is 4.98. The van der Waals surface area contributed by atoms with Gasteiger partial charge in [-0.1, -0.05) is 41.9 Å². The molecule has 0 aliphatic heterocycles. The molecule has 0 spiro atoms. The first-order valence-electron chi connectivity index (χ1n) is 9.88. The first-order chi connectivity index (χ1) is 15.3. The molecule has 0 fully saturated rings. The van der Waals surface area contributed by atoms with Gasteiger partial charge in [0, 0.05) is 16.8 Å². The van der Waals surface area contributed by atoms with Crippen molar-refractivity contribution >= 4 is 55.2 Å². The largest absolute Gasteiger partial charge is 0.304 e. The molecule has 0 atom stereocenters. The van der Waals surface area contributed by atoms with Crippen LogP contribution in [0.5, 0.6) is 0 Å². The third-order valence-electron chi connectivity index (χ3n) is 5.08. The highest BCUT2D eigenvalue weighted by Gasteiger charge is 2.14. The van der Waals surface area contributed by atoms with Crippen LogP contribution in [-0.2, 0) is 13.1 Å². The van der Waals surface area contributed by atoms with Crippen molar-refractivity contribution in [1.82, 2.24) is 19.6 Å². The molecule has 4 rings (SSSR count). The summed E-state index contributed by atoms with van der Waals surface area (Å²) in [5.74, 6) is 0.229. The number of nitrogens with one attached hydrogen (secondary N) is 1. The summed E-state index contributed by atoms with van der Waals surface area (Å²) >= 11 is 13.3. The summed E-state index contributed by atoms with van der Waals surface area (Å²) in [5, 5.41) is 12.5. The molecule has 4 aromatic rings. The maximum absolute atomic E-state index is 12.7. The van der Waals surface area contributed by atoms with Gasteiger partial charge in [0.05, 0.1) is 33.4 Å². The second kappa shape index (κ2) is 9.60. The Bertz CT molecular complexity index is 1280. The van der Waals surface area contributed by atoms with Gasteiger partial charge in [0.25, 0.3) is 5.91 Å². The molecule has 6 nitrogen and oxygen atoms in total. The Labute approximate surface area is 207 Å². The first kappa shape index (κ1) is 22.8. The summed E-state index contributed by atoms with van der Waals surface area (Å²) in [4.78, 5) is 12.7. The van der Waals surface area contributed by atoms with Gasteiger partial charge in [-0.2, -0.15) is 10.2 Å². The van der Waals surface area contributed by atoms with Crippen molar-refractivity contribution in [2.45, 2.75) is 26.9 Å². The Morgan fingerprint density at radius 2 is 1.75 bits per heavy atom. The minimum absolute atomic E-state index is 0.228. The molecule has 0 aliphatic carbocycles. The molecule has 164 valence electrons. The van der Waals surface area contributed by atoms with Gasteiger partial charge in [0.15, 0.2) is 5.82 Å². The number of amides is 1. The molecule has 0 saturated carbocycles. The Balaban J connectivity index is 1.43. The number of aryl methyl sites for hydroxylation is 1. The van der Waals surface area contributed by atoms with Crippen LogP contribution in [0.4, 0.5) is 5.82 Å². The normalized spacial score (nSPS) is 11.0. The number of nitrogens with zero attached hydrogens (tertiary/aromatic N) is 4. The summed E-state index contributed by atoms with van der Waals surface area (Å²) in [5.41, 5.74) is 4.59. The van der Waals surface area contributed by atoms with E-state index in [0.29, 0.717) is 34.0 Å². The van der Waals surface area contributed by atoms with Crippen LogP contribution >= 0.6 is 43.5 Å². The van der Waals surface area contributed by atoms with Gasteiger partial charge in [0.1, 0.15) is 0 Å². The second-order valence-corrected chi connectivity index (χ2v) is 9.46. The predicted octanol–water partition coefficient (Wildman–Crippen LogP) is 6.22. The lowest BCUT2D eigenvalue weighted by Crippen LogP contribution is -2.13. The Morgan fingerprint density at radius 1 is 1.03 bits per heavy atom. The Kier molecular flexibility index (Phi) is 6.83. The van der Waals surface area contributed by atoms with E-state index in [1.807, 2.05) is 61.1 Å². The van der Waals surface area contributed by atoms with Crippen LogP contribution in [0.15, 0.2) is 63.7 Å². The van der Waals surface area contributed by atoms with Crippen molar-refractivity contribution in [3.63, 3.8) is 0 Å². The number of anilines is 1. The summed E-state index contributed by atoms with van der Waals surface area (Å²) < 4.78 is 5.39. The van der Waals surface area contributed by atoms with Crippen molar-refractivity contribution in [3.05, 3.63) is 96.8 Å².